The van der Waals surface area contributed by atoms with E-state index < -0.39 is 0 Å². The number of hydrogen-bond acceptors (Lipinski definition) is 4. The van der Waals surface area contributed by atoms with Crippen molar-refractivity contribution in [2.24, 2.45) is 5.41 Å². The zero-order valence-electron chi connectivity index (χ0n) is 10.5. The van der Waals surface area contributed by atoms with Crippen LogP contribution in [0, 0.1) is 5.41 Å². The van der Waals surface area contributed by atoms with Crippen LogP contribution in [-0.2, 0) is 6.42 Å². The Morgan fingerprint density at radius 1 is 1.12 bits per heavy atom. The molecule has 0 aliphatic carbocycles. The Morgan fingerprint density at radius 2 is 1.82 bits per heavy atom. The van der Waals surface area contributed by atoms with Gasteiger partial charge in [0.2, 0.25) is 0 Å². The van der Waals surface area contributed by atoms with Gasteiger partial charge in [0.15, 0.2) is 0 Å². The highest BCUT2D eigenvalue weighted by Crippen LogP contribution is 2.24. The molecule has 0 aliphatic heterocycles. The summed E-state index contributed by atoms with van der Waals surface area (Å²) in [4.78, 5) is 8.85. The summed E-state index contributed by atoms with van der Waals surface area (Å²) in [5.74, 6) is 1.29. The molecule has 0 saturated carbocycles. The molecular formula is C13H18N4. The van der Waals surface area contributed by atoms with Gasteiger partial charge in [-0.15, -0.1) is 0 Å². The van der Waals surface area contributed by atoms with E-state index in [-0.39, 0.29) is 5.41 Å². The molecule has 2 aromatic rings. The van der Waals surface area contributed by atoms with Crippen molar-refractivity contribution in [3.63, 3.8) is 0 Å². The number of nitrogens with zero attached hydrogens (tertiary/aromatic N) is 2. The summed E-state index contributed by atoms with van der Waals surface area (Å²) in [6.07, 6.45) is 0.803. The van der Waals surface area contributed by atoms with Crippen molar-refractivity contribution in [2.75, 3.05) is 11.5 Å². The summed E-state index contributed by atoms with van der Waals surface area (Å²) < 4.78 is 0. The molecule has 0 radical (unpaired) electrons. The Kier molecular flexibility index (Phi) is 2.65. The molecule has 1 heterocycles. The van der Waals surface area contributed by atoms with E-state index >= 15 is 0 Å². The molecule has 0 amide bonds. The minimum absolute atomic E-state index is 0.147. The fourth-order valence-electron chi connectivity index (χ4n) is 1.77. The maximum Gasteiger partial charge on any atom is 0.135 e. The predicted octanol–water partition coefficient (Wildman–Crippen LogP) is 2.38. The highest BCUT2D eigenvalue weighted by molar-refractivity contribution is 5.90. The van der Waals surface area contributed by atoms with Gasteiger partial charge < -0.3 is 11.5 Å². The Balaban J connectivity index is 2.52. The van der Waals surface area contributed by atoms with E-state index in [4.69, 9.17) is 11.5 Å². The van der Waals surface area contributed by atoms with Gasteiger partial charge in [0.05, 0.1) is 5.52 Å². The summed E-state index contributed by atoms with van der Waals surface area (Å²) >= 11 is 0. The highest BCUT2D eigenvalue weighted by Gasteiger charge is 2.15. The fraction of sp³-hybridized carbons (Fsp3) is 0.385. The van der Waals surface area contributed by atoms with E-state index in [1.54, 1.807) is 0 Å². The van der Waals surface area contributed by atoms with Crippen molar-refractivity contribution in [2.45, 2.75) is 27.2 Å². The summed E-state index contributed by atoms with van der Waals surface area (Å²) in [5, 5.41) is 0.822. The number of hydrogen-bond donors (Lipinski definition) is 2. The van der Waals surface area contributed by atoms with Crippen molar-refractivity contribution >= 4 is 22.4 Å². The maximum absolute atomic E-state index is 5.94. The van der Waals surface area contributed by atoms with Gasteiger partial charge >= 0.3 is 0 Å². The van der Waals surface area contributed by atoms with Crippen LogP contribution in [0.5, 0.6) is 0 Å². The van der Waals surface area contributed by atoms with Crippen molar-refractivity contribution in [1.29, 1.82) is 0 Å². The maximum atomic E-state index is 5.94. The summed E-state index contributed by atoms with van der Waals surface area (Å²) in [5.41, 5.74) is 13.3. The summed E-state index contributed by atoms with van der Waals surface area (Å²) in [6.45, 7) is 6.46. The third-order valence-corrected chi connectivity index (χ3v) is 2.48. The van der Waals surface area contributed by atoms with Crippen molar-refractivity contribution < 1.29 is 0 Å². The first-order chi connectivity index (χ1) is 7.85. The Hall–Kier alpha value is -1.84. The van der Waals surface area contributed by atoms with Crippen LogP contribution < -0.4 is 11.5 Å². The lowest BCUT2D eigenvalue weighted by Gasteiger charge is -2.17. The average molecular weight is 230 g/mol. The molecule has 1 aromatic heterocycles. The van der Waals surface area contributed by atoms with Crippen LogP contribution in [0.2, 0.25) is 0 Å². The Labute approximate surface area is 101 Å². The first-order valence-corrected chi connectivity index (χ1v) is 5.67. The lowest BCUT2D eigenvalue weighted by Crippen LogP contribution is -2.13. The van der Waals surface area contributed by atoms with Gasteiger partial charge in [-0.3, -0.25) is 0 Å². The normalized spacial score (nSPS) is 11.9. The molecule has 0 bridgehead atoms. The van der Waals surface area contributed by atoms with Crippen LogP contribution in [0.25, 0.3) is 10.9 Å². The predicted molar refractivity (Wildman–Crippen MR) is 71.5 cm³/mol. The second-order valence-corrected chi connectivity index (χ2v) is 5.54. The molecule has 0 spiro atoms. The standard InChI is InChI=1S/C13H18N4/c1-13(2,3)7-11-16-10-5-4-8(14)6-9(10)12(15)17-11/h4-6H,7,14H2,1-3H3,(H2,15,16,17). The first kappa shape index (κ1) is 11.6. The SMILES string of the molecule is CC(C)(C)Cc1nc(N)c2cc(N)ccc2n1. The third-order valence-electron chi connectivity index (χ3n) is 2.48. The van der Waals surface area contributed by atoms with Crippen molar-refractivity contribution in [1.82, 2.24) is 9.97 Å². The molecule has 4 heteroatoms. The molecule has 0 fully saturated rings. The van der Waals surface area contributed by atoms with E-state index in [1.165, 1.54) is 0 Å². The van der Waals surface area contributed by atoms with E-state index in [9.17, 15) is 0 Å². The second kappa shape index (κ2) is 3.87. The molecule has 2 rings (SSSR count). The van der Waals surface area contributed by atoms with Gasteiger partial charge in [0, 0.05) is 17.5 Å². The van der Waals surface area contributed by atoms with Crippen LogP contribution in [0.3, 0.4) is 0 Å². The van der Waals surface area contributed by atoms with Gasteiger partial charge in [0.25, 0.3) is 0 Å². The fourth-order valence-corrected chi connectivity index (χ4v) is 1.77. The molecule has 90 valence electrons. The van der Waals surface area contributed by atoms with Crippen LogP contribution in [0.1, 0.15) is 26.6 Å². The molecule has 0 aliphatic rings. The van der Waals surface area contributed by atoms with Gasteiger partial charge in [-0.2, -0.15) is 0 Å². The molecular weight excluding hydrogens is 212 g/mol. The smallest absolute Gasteiger partial charge is 0.135 e. The topological polar surface area (TPSA) is 77.8 Å². The lowest BCUT2D eigenvalue weighted by atomic mass is 9.92. The molecule has 4 N–H and O–H groups in total. The zero-order valence-corrected chi connectivity index (χ0v) is 10.5. The van der Waals surface area contributed by atoms with E-state index in [1.807, 2.05) is 18.2 Å². The van der Waals surface area contributed by atoms with Crippen LogP contribution in [0.4, 0.5) is 11.5 Å². The van der Waals surface area contributed by atoms with E-state index in [2.05, 4.69) is 30.7 Å². The lowest BCUT2D eigenvalue weighted by molar-refractivity contribution is 0.401. The summed E-state index contributed by atoms with van der Waals surface area (Å²) in [7, 11) is 0. The number of nitrogens with two attached hydrogens (primary N) is 2. The highest BCUT2D eigenvalue weighted by atomic mass is 14.9. The minimum atomic E-state index is 0.147. The van der Waals surface area contributed by atoms with Crippen LogP contribution in [0.15, 0.2) is 18.2 Å². The number of aromatic nitrogens is 2. The molecule has 0 unspecified atom stereocenters. The number of anilines is 2. The first-order valence-electron chi connectivity index (χ1n) is 5.67. The number of benzene rings is 1. The number of rotatable bonds is 1. The average Bonchev–Trinajstić information content (AvgIpc) is 2.17. The molecule has 0 saturated heterocycles. The Bertz CT molecular complexity index is 555. The van der Waals surface area contributed by atoms with Crippen LogP contribution in [-0.4, -0.2) is 9.97 Å². The monoisotopic (exact) mass is 230 g/mol. The quantitative estimate of drug-likeness (QED) is 0.737. The van der Waals surface area contributed by atoms with E-state index in [0.29, 0.717) is 11.5 Å². The van der Waals surface area contributed by atoms with Gasteiger partial charge in [0.1, 0.15) is 11.6 Å². The minimum Gasteiger partial charge on any atom is -0.399 e. The van der Waals surface area contributed by atoms with Gasteiger partial charge in [-0.25, -0.2) is 9.97 Å². The van der Waals surface area contributed by atoms with Crippen molar-refractivity contribution in [3.8, 4) is 0 Å². The number of nitrogen functional groups attached to an aromatic ring is 2. The molecule has 4 nitrogen and oxygen atoms in total. The van der Waals surface area contributed by atoms with Gasteiger partial charge in [-0.1, -0.05) is 20.8 Å². The largest absolute Gasteiger partial charge is 0.399 e. The van der Waals surface area contributed by atoms with Gasteiger partial charge in [-0.05, 0) is 23.6 Å². The Morgan fingerprint density at radius 3 is 2.47 bits per heavy atom. The number of fused-ring (bicyclic) bond motifs is 1. The molecule has 1 aromatic carbocycles. The van der Waals surface area contributed by atoms with Crippen LogP contribution >= 0.6 is 0 Å². The molecule has 17 heavy (non-hydrogen) atoms. The van der Waals surface area contributed by atoms with Crippen molar-refractivity contribution in [3.05, 3.63) is 24.0 Å². The third kappa shape index (κ3) is 2.64. The summed E-state index contributed by atoms with van der Waals surface area (Å²) in [6, 6.07) is 5.52. The zero-order chi connectivity index (χ0) is 12.6. The second-order valence-electron chi connectivity index (χ2n) is 5.54. The van der Waals surface area contributed by atoms with E-state index in [0.717, 1.165) is 23.1 Å². The molecule has 0 atom stereocenters.